The van der Waals surface area contributed by atoms with E-state index < -0.39 is 0 Å². The van der Waals surface area contributed by atoms with Crippen LogP contribution in [0.3, 0.4) is 0 Å². The van der Waals surface area contributed by atoms with Gasteiger partial charge in [-0.05, 0) is 20.0 Å². The van der Waals surface area contributed by atoms with E-state index in [1.807, 2.05) is 0 Å². The Balaban J connectivity index is 0. The number of halogens is 1. The molecule has 3 heteroatoms. The predicted molar refractivity (Wildman–Crippen MR) is 87.6 cm³/mol. The lowest BCUT2D eigenvalue weighted by Crippen LogP contribution is -3.00. The highest BCUT2D eigenvalue weighted by Crippen LogP contribution is 2.08. The summed E-state index contributed by atoms with van der Waals surface area (Å²) in [5.74, 6) is 0. The maximum atomic E-state index is 2.51. The summed E-state index contributed by atoms with van der Waals surface area (Å²) in [5, 5.41) is 0. The summed E-state index contributed by atoms with van der Waals surface area (Å²) in [6.07, 6.45) is 12.7. The van der Waals surface area contributed by atoms with E-state index in [1.165, 1.54) is 77.4 Å². The molecule has 0 aromatic rings. The molecule has 0 heterocycles. The standard InChI is InChI=1S/C17H39N2.BrH/c1-6-7-8-9-10-11-12-13-15-18(2)16-14-17-19(3,4)5;/h6-17H2,1-5H3;1H/q+1;/p-1. The van der Waals surface area contributed by atoms with E-state index in [0.29, 0.717) is 0 Å². The Morgan fingerprint density at radius 2 is 1.15 bits per heavy atom. The van der Waals surface area contributed by atoms with Gasteiger partial charge in [0, 0.05) is 13.0 Å². The first-order valence-electron chi connectivity index (χ1n) is 8.44. The quantitative estimate of drug-likeness (QED) is 0.356. The third-order valence-electron chi connectivity index (χ3n) is 3.76. The van der Waals surface area contributed by atoms with E-state index in [1.54, 1.807) is 0 Å². The Hall–Kier alpha value is 0.400. The van der Waals surface area contributed by atoms with E-state index in [0.717, 1.165) is 4.48 Å². The summed E-state index contributed by atoms with van der Waals surface area (Å²) in [7, 11) is 9.10. The lowest BCUT2D eigenvalue weighted by Gasteiger charge is -2.25. The maximum Gasteiger partial charge on any atom is 0.0792 e. The van der Waals surface area contributed by atoms with Crippen molar-refractivity contribution in [2.24, 2.45) is 0 Å². The van der Waals surface area contributed by atoms with Gasteiger partial charge in [-0.25, -0.2) is 0 Å². The normalized spacial score (nSPS) is 11.7. The molecule has 0 unspecified atom stereocenters. The van der Waals surface area contributed by atoms with E-state index in [2.05, 4.69) is 40.0 Å². The fourth-order valence-corrected chi connectivity index (χ4v) is 2.44. The van der Waals surface area contributed by atoms with Crippen LogP contribution in [0.5, 0.6) is 0 Å². The zero-order valence-electron chi connectivity index (χ0n) is 14.8. The van der Waals surface area contributed by atoms with Gasteiger partial charge in [-0.15, -0.1) is 0 Å². The third kappa shape index (κ3) is 18.4. The van der Waals surface area contributed by atoms with Crippen LogP contribution in [0, 0.1) is 0 Å². The van der Waals surface area contributed by atoms with Crippen LogP contribution < -0.4 is 17.0 Å². The molecule has 0 aliphatic heterocycles. The van der Waals surface area contributed by atoms with Crippen molar-refractivity contribution < 1.29 is 21.5 Å². The van der Waals surface area contributed by atoms with Crippen molar-refractivity contribution >= 4 is 0 Å². The molecule has 0 rings (SSSR count). The van der Waals surface area contributed by atoms with Gasteiger partial charge in [0.05, 0.1) is 27.7 Å². The first-order valence-corrected chi connectivity index (χ1v) is 8.44. The molecular weight excluding hydrogens is 312 g/mol. The summed E-state index contributed by atoms with van der Waals surface area (Å²) in [4.78, 5) is 2.51. The van der Waals surface area contributed by atoms with Crippen molar-refractivity contribution in [2.45, 2.75) is 64.7 Å². The number of quaternary nitrogens is 1. The summed E-state index contributed by atoms with van der Waals surface area (Å²) < 4.78 is 1.09. The molecule has 0 radical (unpaired) electrons. The molecule has 0 aromatic carbocycles. The van der Waals surface area contributed by atoms with Crippen LogP contribution >= 0.6 is 0 Å². The van der Waals surface area contributed by atoms with Gasteiger partial charge in [0.15, 0.2) is 0 Å². The largest absolute Gasteiger partial charge is 1.00 e. The molecule has 0 spiro atoms. The maximum absolute atomic E-state index is 2.51. The minimum absolute atomic E-state index is 0. The number of hydrogen-bond acceptors (Lipinski definition) is 1. The molecule has 0 atom stereocenters. The van der Waals surface area contributed by atoms with Crippen molar-refractivity contribution in [1.82, 2.24) is 4.90 Å². The van der Waals surface area contributed by atoms with Gasteiger partial charge >= 0.3 is 0 Å². The zero-order chi connectivity index (χ0) is 14.6. The Morgan fingerprint density at radius 1 is 0.700 bits per heavy atom. The second-order valence-electron chi connectivity index (χ2n) is 7.15. The average molecular weight is 351 g/mol. The van der Waals surface area contributed by atoms with Gasteiger partial charge in [-0.3, -0.25) is 0 Å². The fourth-order valence-electron chi connectivity index (χ4n) is 2.44. The Morgan fingerprint density at radius 3 is 1.65 bits per heavy atom. The molecule has 124 valence electrons. The summed E-state index contributed by atoms with van der Waals surface area (Å²) in [6, 6.07) is 0. The first-order chi connectivity index (χ1) is 8.95. The zero-order valence-corrected chi connectivity index (χ0v) is 16.3. The van der Waals surface area contributed by atoms with Gasteiger partial charge in [0.2, 0.25) is 0 Å². The van der Waals surface area contributed by atoms with Gasteiger partial charge in [0.1, 0.15) is 0 Å². The molecule has 0 saturated heterocycles. The highest BCUT2D eigenvalue weighted by molar-refractivity contribution is 4.53. The van der Waals surface area contributed by atoms with Crippen molar-refractivity contribution in [1.29, 1.82) is 0 Å². The van der Waals surface area contributed by atoms with Crippen LogP contribution in [0.25, 0.3) is 0 Å². The molecule has 0 aliphatic carbocycles. The Bertz CT molecular complexity index is 190. The summed E-state index contributed by atoms with van der Waals surface area (Å²) in [5.41, 5.74) is 0. The molecule has 0 amide bonds. The van der Waals surface area contributed by atoms with Crippen molar-refractivity contribution in [3.63, 3.8) is 0 Å². The molecule has 0 aromatic heterocycles. The third-order valence-corrected chi connectivity index (χ3v) is 3.76. The highest BCUT2D eigenvalue weighted by atomic mass is 79.9. The van der Waals surface area contributed by atoms with E-state index in [-0.39, 0.29) is 17.0 Å². The van der Waals surface area contributed by atoms with Crippen LogP contribution in [-0.4, -0.2) is 57.2 Å². The number of nitrogens with zero attached hydrogens (tertiary/aromatic N) is 2. The number of unbranched alkanes of at least 4 members (excludes halogenated alkanes) is 7. The summed E-state index contributed by atoms with van der Waals surface area (Å²) >= 11 is 0. The predicted octanol–water partition coefficient (Wildman–Crippen LogP) is 1.16. The Kier molecular flexibility index (Phi) is 16.3. The first kappa shape index (κ1) is 22.7. The van der Waals surface area contributed by atoms with Crippen molar-refractivity contribution in [2.75, 3.05) is 47.8 Å². The molecule has 0 saturated carbocycles. The topological polar surface area (TPSA) is 3.24 Å². The second kappa shape index (κ2) is 14.3. The summed E-state index contributed by atoms with van der Waals surface area (Å²) in [6.45, 7) is 6.11. The van der Waals surface area contributed by atoms with Crippen molar-refractivity contribution in [3.8, 4) is 0 Å². The van der Waals surface area contributed by atoms with Crippen LogP contribution in [0.4, 0.5) is 0 Å². The smallest absolute Gasteiger partial charge is 0.0792 e. The van der Waals surface area contributed by atoms with Gasteiger partial charge in [-0.2, -0.15) is 0 Å². The molecule has 0 fully saturated rings. The fraction of sp³-hybridized carbons (Fsp3) is 1.00. The van der Waals surface area contributed by atoms with E-state index in [9.17, 15) is 0 Å². The minimum atomic E-state index is 0. The number of rotatable bonds is 13. The molecule has 2 nitrogen and oxygen atoms in total. The second-order valence-corrected chi connectivity index (χ2v) is 7.15. The molecule has 0 N–H and O–H groups in total. The molecular formula is C17H39BrN2. The van der Waals surface area contributed by atoms with Gasteiger partial charge in [0.25, 0.3) is 0 Å². The number of hydrogen-bond donors (Lipinski definition) is 0. The van der Waals surface area contributed by atoms with Crippen LogP contribution in [0.15, 0.2) is 0 Å². The molecule has 20 heavy (non-hydrogen) atoms. The molecule has 0 bridgehead atoms. The van der Waals surface area contributed by atoms with Crippen LogP contribution in [0.2, 0.25) is 0 Å². The SMILES string of the molecule is CCCCCCCCCCN(C)CCC[N+](C)(C)C.[Br-]. The molecule has 0 aliphatic rings. The van der Waals surface area contributed by atoms with Crippen LogP contribution in [0.1, 0.15) is 64.7 Å². The monoisotopic (exact) mass is 350 g/mol. The van der Waals surface area contributed by atoms with Gasteiger partial charge < -0.3 is 26.4 Å². The lowest BCUT2D eigenvalue weighted by molar-refractivity contribution is -0.870. The Labute approximate surface area is 139 Å². The van der Waals surface area contributed by atoms with Crippen LogP contribution in [-0.2, 0) is 0 Å². The highest BCUT2D eigenvalue weighted by Gasteiger charge is 2.07. The lowest BCUT2D eigenvalue weighted by atomic mass is 10.1. The van der Waals surface area contributed by atoms with Crippen molar-refractivity contribution in [3.05, 3.63) is 0 Å². The van der Waals surface area contributed by atoms with E-state index in [4.69, 9.17) is 0 Å². The average Bonchev–Trinajstić information content (AvgIpc) is 2.31. The minimum Gasteiger partial charge on any atom is -1.00 e. The van der Waals surface area contributed by atoms with Gasteiger partial charge in [-0.1, -0.05) is 51.9 Å². The van der Waals surface area contributed by atoms with E-state index >= 15 is 0 Å².